The second-order valence-electron chi connectivity index (χ2n) is 2.53. The summed E-state index contributed by atoms with van der Waals surface area (Å²) in [6.45, 7) is 8.00. The Balaban J connectivity index is 0.000000442. The van der Waals surface area contributed by atoms with Crippen LogP contribution < -0.4 is 0 Å². The molecule has 0 heterocycles. The molecule has 0 aliphatic rings. The Hall–Kier alpha value is -0.950. The van der Waals surface area contributed by atoms with Crippen LogP contribution >= 0.6 is 12.6 Å². The molecule has 0 bridgehead atoms. The normalized spacial score (nSPS) is 8.33. The fourth-order valence-corrected chi connectivity index (χ4v) is 1.39. The summed E-state index contributed by atoms with van der Waals surface area (Å²) in [7, 11) is 0. The monoisotopic (exact) mass is 220 g/mol. The van der Waals surface area contributed by atoms with Crippen LogP contribution in [0.25, 0.3) is 10.8 Å². The van der Waals surface area contributed by atoms with Gasteiger partial charge in [0.1, 0.15) is 0 Å². The zero-order chi connectivity index (χ0) is 11.7. The third kappa shape index (κ3) is 4.39. The van der Waals surface area contributed by atoms with Crippen molar-refractivity contribution < 1.29 is 0 Å². The van der Waals surface area contributed by atoms with Crippen LogP contribution in [0.15, 0.2) is 47.4 Å². The highest BCUT2D eigenvalue weighted by atomic mass is 32.1. The molecule has 0 unspecified atom stereocenters. The van der Waals surface area contributed by atoms with Gasteiger partial charge in [-0.2, -0.15) is 0 Å². The van der Waals surface area contributed by atoms with E-state index in [0.717, 1.165) is 4.90 Å². The highest BCUT2D eigenvalue weighted by Crippen LogP contribution is 2.17. The van der Waals surface area contributed by atoms with Crippen molar-refractivity contribution in [1.82, 2.24) is 0 Å². The van der Waals surface area contributed by atoms with Crippen molar-refractivity contribution in [2.24, 2.45) is 0 Å². The summed E-state index contributed by atoms with van der Waals surface area (Å²) in [6, 6.07) is 14.4. The Morgan fingerprint density at radius 1 is 0.733 bits per heavy atom. The van der Waals surface area contributed by atoms with Crippen molar-refractivity contribution in [3.63, 3.8) is 0 Å². The Labute approximate surface area is 98.7 Å². The lowest BCUT2D eigenvalue weighted by atomic mass is 10.1. The maximum atomic E-state index is 4.26. The molecule has 0 spiro atoms. The minimum absolute atomic E-state index is 1.02. The molecule has 15 heavy (non-hydrogen) atoms. The van der Waals surface area contributed by atoms with Gasteiger partial charge in [-0.05, 0) is 22.9 Å². The van der Waals surface area contributed by atoms with E-state index in [-0.39, 0.29) is 0 Å². The summed E-state index contributed by atoms with van der Waals surface area (Å²) in [6.07, 6.45) is 0. The minimum atomic E-state index is 1.02. The first kappa shape index (κ1) is 14.1. The molecule has 0 aromatic heterocycles. The first-order valence-corrected chi connectivity index (χ1v) is 5.99. The summed E-state index contributed by atoms with van der Waals surface area (Å²) in [4.78, 5) is 1.02. The number of hydrogen-bond acceptors (Lipinski definition) is 1. The van der Waals surface area contributed by atoms with E-state index in [1.165, 1.54) is 10.8 Å². The molecule has 82 valence electrons. The van der Waals surface area contributed by atoms with E-state index in [0.29, 0.717) is 0 Å². The lowest BCUT2D eigenvalue weighted by Gasteiger charge is -1.96. The van der Waals surface area contributed by atoms with E-state index in [2.05, 4.69) is 36.9 Å². The number of benzene rings is 2. The Morgan fingerprint density at radius 3 is 1.87 bits per heavy atom. The predicted octanol–water partition coefficient (Wildman–Crippen LogP) is 5.18. The van der Waals surface area contributed by atoms with Crippen molar-refractivity contribution in [1.29, 1.82) is 0 Å². The molecule has 0 N–H and O–H groups in total. The summed E-state index contributed by atoms with van der Waals surface area (Å²) < 4.78 is 0. The largest absolute Gasteiger partial charge is 0.143 e. The van der Waals surface area contributed by atoms with Gasteiger partial charge in [0.25, 0.3) is 0 Å². The molecule has 2 aromatic rings. The standard InChI is InChI=1S/C10H8S.2C2H6/c11-10-6-5-8-3-1-2-4-9(8)7-10;2*1-2/h1-7,11H;2*1-2H3. The van der Waals surface area contributed by atoms with Gasteiger partial charge in [0.05, 0.1) is 0 Å². The third-order valence-corrected chi connectivity index (χ3v) is 2.01. The second-order valence-corrected chi connectivity index (χ2v) is 3.05. The molecule has 0 fully saturated rings. The molecule has 2 rings (SSSR count). The number of thiol groups is 1. The van der Waals surface area contributed by atoms with E-state index in [4.69, 9.17) is 0 Å². The van der Waals surface area contributed by atoms with Gasteiger partial charge in [-0.3, -0.25) is 0 Å². The van der Waals surface area contributed by atoms with Crippen LogP contribution in [0.2, 0.25) is 0 Å². The zero-order valence-electron chi connectivity index (χ0n) is 9.99. The van der Waals surface area contributed by atoms with Crippen molar-refractivity contribution in [3.05, 3.63) is 42.5 Å². The summed E-state index contributed by atoms with van der Waals surface area (Å²) >= 11 is 4.26. The van der Waals surface area contributed by atoms with E-state index in [1.54, 1.807) is 0 Å². The highest BCUT2D eigenvalue weighted by Gasteiger charge is 1.90. The van der Waals surface area contributed by atoms with Crippen LogP contribution in [0.3, 0.4) is 0 Å². The maximum Gasteiger partial charge on any atom is 0.00463 e. The van der Waals surface area contributed by atoms with E-state index in [1.807, 2.05) is 45.9 Å². The first-order valence-electron chi connectivity index (χ1n) is 5.54. The van der Waals surface area contributed by atoms with Crippen molar-refractivity contribution in [3.8, 4) is 0 Å². The van der Waals surface area contributed by atoms with Gasteiger partial charge in [-0.25, -0.2) is 0 Å². The number of hydrogen-bond donors (Lipinski definition) is 1. The van der Waals surface area contributed by atoms with Gasteiger partial charge in [0.2, 0.25) is 0 Å². The SMILES string of the molecule is CC.CC.Sc1ccc2ccccc2c1. The minimum Gasteiger partial charge on any atom is -0.143 e. The predicted molar refractivity (Wildman–Crippen MR) is 73.9 cm³/mol. The quantitative estimate of drug-likeness (QED) is 0.581. The van der Waals surface area contributed by atoms with Crippen LogP contribution in [-0.4, -0.2) is 0 Å². The summed E-state index contributed by atoms with van der Waals surface area (Å²) in [5, 5.41) is 2.52. The molecule has 0 saturated heterocycles. The lowest BCUT2D eigenvalue weighted by molar-refractivity contribution is 1.50. The fraction of sp³-hybridized carbons (Fsp3) is 0.286. The van der Waals surface area contributed by atoms with E-state index in [9.17, 15) is 0 Å². The molecule has 1 heteroatoms. The molecule has 0 atom stereocenters. The summed E-state index contributed by atoms with van der Waals surface area (Å²) in [5.74, 6) is 0. The average molecular weight is 220 g/mol. The smallest absolute Gasteiger partial charge is 0.00463 e. The second kappa shape index (κ2) is 8.37. The molecule has 0 radical (unpaired) electrons. The lowest BCUT2D eigenvalue weighted by Crippen LogP contribution is -1.70. The van der Waals surface area contributed by atoms with Gasteiger partial charge in [-0.1, -0.05) is 58.0 Å². The molecular weight excluding hydrogens is 200 g/mol. The van der Waals surface area contributed by atoms with E-state index >= 15 is 0 Å². The molecule has 2 aromatic carbocycles. The average Bonchev–Trinajstić information content (AvgIpc) is 2.34. The first-order chi connectivity index (χ1) is 7.36. The number of fused-ring (bicyclic) bond motifs is 1. The van der Waals surface area contributed by atoms with Crippen molar-refractivity contribution >= 4 is 23.4 Å². The van der Waals surface area contributed by atoms with Gasteiger partial charge >= 0.3 is 0 Å². The van der Waals surface area contributed by atoms with Gasteiger partial charge in [0, 0.05) is 4.90 Å². The van der Waals surface area contributed by atoms with Gasteiger partial charge < -0.3 is 0 Å². The van der Waals surface area contributed by atoms with Crippen LogP contribution in [0.5, 0.6) is 0 Å². The molecule has 0 saturated carbocycles. The Morgan fingerprint density at radius 2 is 1.27 bits per heavy atom. The molecular formula is C14H20S. The molecule has 0 amide bonds. The maximum absolute atomic E-state index is 4.26. The van der Waals surface area contributed by atoms with E-state index < -0.39 is 0 Å². The topological polar surface area (TPSA) is 0 Å². The number of rotatable bonds is 0. The van der Waals surface area contributed by atoms with Crippen LogP contribution in [0.4, 0.5) is 0 Å². The fourth-order valence-electron chi connectivity index (χ4n) is 1.18. The molecule has 0 aliphatic heterocycles. The Kier molecular flexibility index (Phi) is 7.84. The summed E-state index contributed by atoms with van der Waals surface area (Å²) in [5.41, 5.74) is 0. The highest BCUT2D eigenvalue weighted by molar-refractivity contribution is 7.80. The van der Waals surface area contributed by atoms with Crippen molar-refractivity contribution in [2.75, 3.05) is 0 Å². The molecule has 0 nitrogen and oxygen atoms in total. The van der Waals surface area contributed by atoms with Crippen LogP contribution in [0.1, 0.15) is 27.7 Å². The van der Waals surface area contributed by atoms with Gasteiger partial charge in [0.15, 0.2) is 0 Å². The zero-order valence-corrected chi connectivity index (χ0v) is 10.9. The third-order valence-electron chi connectivity index (χ3n) is 1.73. The Bertz CT molecular complexity index is 380. The van der Waals surface area contributed by atoms with Gasteiger partial charge in [-0.15, -0.1) is 12.6 Å². The van der Waals surface area contributed by atoms with Crippen LogP contribution in [0, 0.1) is 0 Å². The van der Waals surface area contributed by atoms with Crippen LogP contribution in [-0.2, 0) is 0 Å². The van der Waals surface area contributed by atoms with Crippen molar-refractivity contribution in [2.45, 2.75) is 32.6 Å². The molecule has 0 aliphatic carbocycles.